The summed E-state index contributed by atoms with van der Waals surface area (Å²) in [5.74, 6) is 0. The summed E-state index contributed by atoms with van der Waals surface area (Å²) in [5, 5.41) is 3.34. The zero-order valence-electron chi connectivity index (χ0n) is 16.2. The highest BCUT2D eigenvalue weighted by atomic mass is 28.3. The van der Waals surface area contributed by atoms with Gasteiger partial charge in [0.2, 0.25) is 0 Å². The van der Waals surface area contributed by atoms with E-state index in [2.05, 4.69) is 78.4 Å². The van der Waals surface area contributed by atoms with Crippen molar-refractivity contribution in [2.24, 2.45) is 5.41 Å². The summed E-state index contributed by atoms with van der Waals surface area (Å²) in [4.78, 5) is 0. The van der Waals surface area contributed by atoms with Gasteiger partial charge in [0.25, 0.3) is 0 Å². The summed E-state index contributed by atoms with van der Waals surface area (Å²) in [5.41, 5.74) is 4.69. The predicted octanol–water partition coefficient (Wildman–Crippen LogP) is 6.23. The van der Waals surface area contributed by atoms with Crippen molar-refractivity contribution in [3.8, 4) is 0 Å². The molecule has 1 unspecified atom stereocenters. The van der Waals surface area contributed by atoms with Gasteiger partial charge in [-0.3, -0.25) is 0 Å². The van der Waals surface area contributed by atoms with Gasteiger partial charge in [-0.2, -0.15) is 0 Å². The van der Waals surface area contributed by atoms with Crippen molar-refractivity contribution >= 4 is 13.3 Å². The maximum Gasteiger partial charge on any atom is 0.115 e. The van der Waals surface area contributed by atoms with E-state index >= 15 is 0 Å². The number of aryl methyl sites for hydroxylation is 2. The lowest BCUT2D eigenvalue weighted by Gasteiger charge is -2.36. The first kappa shape index (κ1) is 18.3. The Kier molecular flexibility index (Phi) is 5.40. The normalized spacial score (nSPS) is 17.7. The highest BCUT2D eigenvalue weighted by molar-refractivity contribution is 6.97. The number of hydrogen-bond donors (Lipinski definition) is 0. The molecule has 0 saturated carbocycles. The molecule has 0 aromatic heterocycles. The number of allylic oxidation sites excluding steroid dienone is 4. The topological polar surface area (TPSA) is 0 Å². The van der Waals surface area contributed by atoms with Gasteiger partial charge in [-0.15, -0.1) is 0 Å². The van der Waals surface area contributed by atoms with Gasteiger partial charge < -0.3 is 0 Å². The van der Waals surface area contributed by atoms with Gasteiger partial charge in [0.1, 0.15) is 8.07 Å². The Morgan fingerprint density at radius 1 is 1.00 bits per heavy atom. The molecule has 1 aliphatic rings. The Morgan fingerprint density at radius 3 is 2.13 bits per heavy atom. The molecule has 1 aliphatic carbocycles. The highest BCUT2D eigenvalue weighted by Gasteiger charge is 2.39. The van der Waals surface area contributed by atoms with Gasteiger partial charge in [-0.05, 0) is 37.3 Å². The zero-order valence-corrected chi connectivity index (χ0v) is 17.2. The third-order valence-electron chi connectivity index (χ3n) is 5.23. The highest BCUT2D eigenvalue weighted by Crippen LogP contribution is 2.41. The molecule has 0 radical (unpaired) electrons. The van der Waals surface area contributed by atoms with E-state index in [1.54, 1.807) is 16.0 Å². The molecular formula is C22H34Si. The molecule has 0 fully saturated rings. The average molecular weight is 327 g/mol. The molecule has 0 saturated heterocycles. The number of hydrogen-bond acceptors (Lipinski definition) is 0. The van der Waals surface area contributed by atoms with Crippen LogP contribution in [0.3, 0.4) is 0 Å². The predicted molar refractivity (Wildman–Crippen MR) is 107 cm³/mol. The second-order valence-corrected chi connectivity index (χ2v) is 12.8. The largest absolute Gasteiger partial charge is 0.115 e. The van der Waals surface area contributed by atoms with Crippen LogP contribution >= 0.6 is 0 Å². The summed E-state index contributed by atoms with van der Waals surface area (Å²) in [6.45, 7) is 16.5. The Morgan fingerprint density at radius 2 is 1.61 bits per heavy atom. The minimum absolute atomic E-state index is 0.252. The van der Waals surface area contributed by atoms with E-state index in [4.69, 9.17) is 0 Å². The molecule has 1 heteroatoms. The van der Waals surface area contributed by atoms with E-state index < -0.39 is 8.07 Å². The third kappa shape index (κ3) is 3.88. The standard InChI is InChI=1S/C22H34Si/c1-8-9-13-23(7,19-15-17(2)14-18(3)16-19)21-12-10-11-20(21)22(4,5)6/h11-12,14-16H,8-10,13H2,1-7H3. The summed E-state index contributed by atoms with van der Waals surface area (Å²) in [7, 11) is -1.66. The lowest BCUT2D eigenvalue weighted by Crippen LogP contribution is -2.48. The fourth-order valence-corrected chi connectivity index (χ4v) is 8.67. The van der Waals surface area contributed by atoms with Gasteiger partial charge in [-0.1, -0.05) is 98.9 Å². The van der Waals surface area contributed by atoms with E-state index in [1.807, 2.05) is 0 Å². The van der Waals surface area contributed by atoms with Crippen LogP contribution in [0.25, 0.3) is 0 Å². The van der Waals surface area contributed by atoms with Crippen LogP contribution in [0.15, 0.2) is 41.1 Å². The second kappa shape index (κ2) is 6.81. The van der Waals surface area contributed by atoms with Crippen molar-refractivity contribution < 1.29 is 0 Å². The fourth-order valence-electron chi connectivity index (χ4n) is 4.01. The van der Waals surface area contributed by atoms with E-state index in [0.29, 0.717) is 0 Å². The smallest absolute Gasteiger partial charge is 0.0808 e. The Labute approximate surface area is 144 Å². The van der Waals surface area contributed by atoms with Crippen LogP contribution in [0, 0.1) is 19.3 Å². The molecule has 1 aromatic carbocycles. The van der Waals surface area contributed by atoms with Crippen molar-refractivity contribution in [1.82, 2.24) is 0 Å². The molecule has 0 amide bonds. The lowest BCUT2D eigenvalue weighted by atomic mass is 9.87. The van der Waals surface area contributed by atoms with E-state index in [1.165, 1.54) is 30.0 Å². The second-order valence-electron chi connectivity index (χ2n) is 8.53. The molecule has 0 N–H and O–H groups in total. The van der Waals surface area contributed by atoms with E-state index in [0.717, 1.165) is 6.42 Å². The molecule has 0 spiro atoms. The van der Waals surface area contributed by atoms with Crippen LogP contribution < -0.4 is 5.19 Å². The molecule has 0 bridgehead atoms. The van der Waals surface area contributed by atoms with Gasteiger partial charge in [-0.25, -0.2) is 0 Å². The lowest BCUT2D eigenvalue weighted by molar-refractivity contribution is 0.515. The Bertz CT molecular complexity index is 608. The van der Waals surface area contributed by atoms with Gasteiger partial charge >= 0.3 is 0 Å². The minimum atomic E-state index is -1.66. The molecule has 1 aromatic rings. The molecule has 0 nitrogen and oxygen atoms in total. The van der Waals surface area contributed by atoms with Crippen molar-refractivity contribution in [1.29, 1.82) is 0 Å². The monoisotopic (exact) mass is 326 g/mol. The van der Waals surface area contributed by atoms with Crippen molar-refractivity contribution in [2.45, 2.75) is 73.4 Å². The first-order valence-electron chi connectivity index (χ1n) is 9.19. The average Bonchev–Trinajstić information content (AvgIpc) is 2.93. The first-order valence-corrected chi connectivity index (χ1v) is 11.9. The maximum absolute atomic E-state index is 2.60. The molecule has 1 atom stereocenters. The number of benzene rings is 1. The van der Waals surface area contributed by atoms with Crippen molar-refractivity contribution in [3.63, 3.8) is 0 Å². The zero-order chi connectivity index (χ0) is 17.3. The van der Waals surface area contributed by atoms with Gasteiger partial charge in [0, 0.05) is 0 Å². The number of unbranched alkanes of at least 4 members (excludes halogenated alkanes) is 1. The van der Waals surface area contributed by atoms with Crippen LogP contribution in [0.1, 0.15) is 58.1 Å². The van der Waals surface area contributed by atoms with E-state index in [-0.39, 0.29) is 5.41 Å². The summed E-state index contributed by atoms with van der Waals surface area (Å²) < 4.78 is 0. The summed E-state index contributed by atoms with van der Waals surface area (Å²) in [6, 6.07) is 8.61. The van der Waals surface area contributed by atoms with Gasteiger partial charge in [0.15, 0.2) is 0 Å². The van der Waals surface area contributed by atoms with Crippen LogP contribution in [0.2, 0.25) is 12.6 Å². The molecule has 126 valence electrons. The molecular weight excluding hydrogens is 292 g/mol. The van der Waals surface area contributed by atoms with Crippen LogP contribution in [-0.2, 0) is 0 Å². The molecule has 0 aliphatic heterocycles. The van der Waals surface area contributed by atoms with Crippen LogP contribution in [0.4, 0.5) is 0 Å². The third-order valence-corrected chi connectivity index (χ3v) is 9.80. The molecule has 2 rings (SSSR count). The maximum atomic E-state index is 2.60. The van der Waals surface area contributed by atoms with Crippen molar-refractivity contribution in [3.05, 3.63) is 52.2 Å². The SMILES string of the molecule is CCCC[Si](C)(C1=CCC=C1C(C)(C)C)c1cc(C)cc(C)c1. The van der Waals surface area contributed by atoms with Crippen LogP contribution in [0.5, 0.6) is 0 Å². The molecule has 0 heterocycles. The minimum Gasteiger partial charge on any atom is -0.0808 e. The molecule has 23 heavy (non-hydrogen) atoms. The summed E-state index contributed by atoms with van der Waals surface area (Å²) >= 11 is 0. The van der Waals surface area contributed by atoms with Gasteiger partial charge in [0.05, 0.1) is 0 Å². The fraction of sp³-hybridized carbons (Fsp3) is 0.545. The van der Waals surface area contributed by atoms with Crippen molar-refractivity contribution in [2.75, 3.05) is 0 Å². The Hall–Kier alpha value is -1.08. The van der Waals surface area contributed by atoms with E-state index in [9.17, 15) is 0 Å². The number of rotatable bonds is 5. The quantitative estimate of drug-likeness (QED) is 0.562. The Balaban J connectivity index is 2.54. The van der Waals surface area contributed by atoms with Crippen LogP contribution in [-0.4, -0.2) is 8.07 Å². The summed E-state index contributed by atoms with van der Waals surface area (Å²) in [6.07, 6.45) is 8.77. The first-order chi connectivity index (χ1) is 10.7.